The molecule has 1 fully saturated rings. The van der Waals surface area contributed by atoms with Gasteiger partial charge in [0, 0.05) is 11.7 Å². The smallest absolute Gasteiger partial charge is 0.138 e. The molecule has 2 N–H and O–H groups in total. The quantitative estimate of drug-likeness (QED) is 0.907. The van der Waals surface area contributed by atoms with Crippen molar-refractivity contribution in [3.05, 3.63) is 24.0 Å². The molecule has 0 spiro atoms. The molecule has 19 heavy (non-hydrogen) atoms. The molecule has 1 aliphatic carbocycles. The molecule has 1 heterocycles. The molecule has 1 aromatic heterocycles. The molecular weight excluding hydrogens is 236 g/mol. The zero-order valence-electron chi connectivity index (χ0n) is 12.5. The summed E-state index contributed by atoms with van der Waals surface area (Å²) in [4.78, 5) is 4.31. The summed E-state index contributed by atoms with van der Waals surface area (Å²) in [6, 6.07) is 2.07. The maximum atomic E-state index is 6.72. The molecule has 1 saturated carbocycles. The van der Waals surface area contributed by atoms with E-state index < -0.39 is 0 Å². The van der Waals surface area contributed by atoms with Gasteiger partial charge in [0.05, 0.1) is 12.3 Å². The van der Waals surface area contributed by atoms with Crippen molar-refractivity contribution in [2.24, 2.45) is 17.6 Å². The van der Waals surface area contributed by atoms with Crippen LogP contribution in [0.4, 0.5) is 0 Å². The first-order valence-electron chi connectivity index (χ1n) is 7.33. The molecule has 3 heteroatoms. The second-order valence-electron chi connectivity index (χ2n) is 6.40. The summed E-state index contributed by atoms with van der Waals surface area (Å²) in [6.45, 7) is 8.59. The summed E-state index contributed by atoms with van der Waals surface area (Å²) >= 11 is 0. The summed E-state index contributed by atoms with van der Waals surface area (Å²) in [5.74, 6) is 1.98. The molecule has 1 aliphatic rings. The van der Waals surface area contributed by atoms with Gasteiger partial charge < -0.3 is 10.5 Å². The van der Waals surface area contributed by atoms with Crippen LogP contribution in [0.15, 0.2) is 18.5 Å². The lowest BCUT2D eigenvalue weighted by Gasteiger charge is -2.42. The molecular formula is C16H26N2O. The molecule has 0 saturated heterocycles. The summed E-state index contributed by atoms with van der Waals surface area (Å²) in [6.07, 6.45) is 7.32. The van der Waals surface area contributed by atoms with E-state index in [-0.39, 0.29) is 11.6 Å². The Morgan fingerprint density at radius 2 is 2.05 bits per heavy atom. The van der Waals surface area contributed by atoms with E-state index in [2.05, 4.69) is 24.9 Å². The molecule has 106 valence electrons. The third-order valence-corrected chi connectivity index (χ3v) is 4.28. The number of nitrogens with two attached hydrogens (primary N) is 1. The lowest BCUT2D eigenvalue weighted by molar-refractivity contribution is 0.160. The fourth-order valence-electron chi connectivity index (χ4n) is 3.08. The van der Waals surface area contributed by atoms with E-state index >= 15 is 0 Å². The van der Waals surface area contributed by atoms with E-state index in [1.54, 1.807) is 6.20 Å². The molecule has 0 aliphatic heterocycles. The highest BCUT2D eigenvalue weighted by atomic mass is 16.5. The number of aromatic nitrogens is 1. The van der Waals surface area contributed by atoms with Crippen molar-refractivity contribution in [3.8, 4) is 5.75 Å². The second-order valence-corrected chi connectivity index (χ2v) is 6.40. The first-order valence-corrected chi connectivity index (χ1v) is 7.33. The van der Waals surface area contributed by atoms with Crippen molar-refractivity contribution < 1.29 is 4.74 Å². The maximum absolute atomic E-state index is 6.72. The molecule has 1 aromatic rings. The zero-order valence-corrected chi connectivity index (χ0v) is 12.5. The zero-order chi connectivity index (χ0) is 14.0. The topological polar surface area (TPSA) is 48.1 Å². The lowest BCUT2D eigenvalue weighted by atomic mass is 9.67. The molecule has 3 nitrogen and oxygen atoms in total. The van der Waals surface area contributed by atoms with Gasteiger partial charge in [-0.2, -0.15) is 0 Å². The van der Waals surface area contributed by atoms with Crippen molar-refractivity contribution >= 4 is 0 Å². The summed E-state index contributed by atoms with van der Waals surface area (Å²) < 4.78 is 5.73. The van der Waals surface area contributed by atoms with Crippen molar-refractivity contribution in [1.82, 2.24) is 4.98 Å². The van der Waals surface area contributed by atoms with Crippen molar-refractivity contribution in [3.63, 3.8) is 0 Å². The number of ether oxygens (including phenoxy) is 1. The van der Waals surface area contributed by atoms with Gasteiger partial charge in [0.1, 0.15) is 5.75 Å². The Kier molecular flexibility index (Phi) is 4.14. The van der Waals surface area contributed by atoms with Crippen LogP contribution >= 0.6 is 0 Å². The van der Waals surface area contributed by atoms with E-state index in [1.807, 2.05) is 20.0 Å². The van der Waals surface area contributed by atoms with Gasteiger partial charge in [-0.05, 0) is 50.2 Å². The SMILES string of the molecule is CC1CCC(C)C(N)(c2cncc(OC(C)C)c2)C1. The standard InChI is InChI=1S/C16H26N2O/c1-11(2)19-15-7-14(9-18-10-15)16(17)8-12(3)5-6-13(16)4/h7,9-13H,5-6,8,17H2,1-4H3. The molecule has 2 rings (SSSR count). The Morgan fingerprint density at radius 1 is 1.32 bits per heavy atom. The minimum atomic E-state index is -0.263. The highest BCUT2D eigenvalue weighted by Crippen LogP contribution is 2.42. The molecule has 0 amide bonds. The summed E-state index contributed by atoms with van der Waals surface area (Å²) in [5, 5.41) is 0. The highest BCUT2D eigenvalue weighted by molar-refractivity contribution is 5.30. The Balaban J connectivity index is 2.28. The van der Waals surface area contributed by atoms with E-state index in [4.69, 9.17) is 10.5 Å². The van der Waals surface area contributed by atoms with Crippen LogP contribution in [0, 0.1) is 11.8 Å². The van der Waals surface area contributed by atoms with Crippen LogP contribution in [0.3, 0.4) is 0 Å². The van der Waals surface area contributed by atoms with E-state index in [1.165, 1.54) is 12.8 Å². The Labute approximate surface area is 116 Å². The Morgan fingerprint density at radius 3 is 2.74 bits per heavy atom. The third-order valence-electron chi connectivity index (χ3n) is 4.28. The van der Waals surface area contributed by atoms with Gasteiger partial charge in [-0.1, -0.05) is 20.3 Å². The van der Waals surface area contributed by atoms with E-state index in [0.717, 1.165) is 17.7 Å². The van der Waals surface area contributed by atoms with Crippen LogP contribution in [0.25, 0.3) is 0 Å². The molecule has 3 atom stereocenters. The minimum Gasteiger partial charge on any atom is -0.489 e. The van der Waals surface area contributed by atoms with Crippen molar-refractivity contribution in [1.29, 1.82) is 0 Å². The Hall–Kier alpha value is -1.09. The molecule has 0 bridgehead atoms. The predicted octanol–water partition coefficient (Wildman–Crippen LogP) is 3.48. The number of hydrogen-bond acceptors (Lipinski definition) is 3. The fraction of sp³-hybridized carbons (Fsp3) is 0.688. The first-order chi connectivity index (χ1) is 8.91. The van der Waals surface area contributed by atoms with Gasteiger partial charge in [-0.3, -0.25) is 4.98 Å². The fourth-order valence-corrected chi connectivity index (χ4v) is 3.08. The largest absolute Gasteiger partial charge is 0.489 e. The van der Waals surface area contributed by atoms with Crippen molar-refractivity contribution in [2.45, 2.75) is 58.6 Å². The minimum absolute atomic E-state index is 0.161. The maximum Gasteiger partial charge on any atom is 0.138 e. The molecule has 0 radical (unpaired) electrons. The van der Waals surface area contributed by atoms with Crippen LogP contribution in [-0.2, 0) is 5.54 Å². The van der Waals surface area contributed by atoms with Crippen LogP contribution in [0.1, 0.15) is 52.5 Å². The van der Waals surface area contributed by atoms with E-state index in [0.29, 0.717) is 11.8 Å². The normalized spacial score (nSPS) is 31.5. The van der Waals surface area contributed by atoms with E-state index in [9.17, 15) is 0 Å². The van der Waals surface area contributed by atoms with Gasteiger partial charge >= 0.3 is 0 Å². The predicted molar refractivity (Wildman–Crippen MR) is 78.0 cm³/mol. The van der Waals surface area contributed by atoms with Crippen LogP contribution in [0.2, 0.25) is 0 Å². The number of pyridine rings is 1. The summed E-state index contributed by atoms with van der Waals surface area (Å²) in [7, 11) is 0. The van der Waals surface area contributed by atoms with Gasteiger partial charge in [0.2, 0.25) is 0 Å². The van der Waals surface area contributed by atoms with Gasteiger partial charge in [-0.15, -0.1) is 0 Å². The van der Waals surface area contributed by atoms with Gasteiger partial charge in [0.25, 0.3) is 0 Å². The van der Waals surface area contributed by atoms with Crippen molar-refractivity contribution in [2.75, 3.05) is 0 Å². The first kappa shape index (κ1) is 14.3. The number of nitrogens with zero attached hydrogens (tertiary/aromatic N) is 1. The third kappa shape index (κ3) is 3.08. The average Bonchev–Trinajstić information content (AvgIpc) is 2.34. The summed E-state index contributed by atoms with van der Waals surface area (Å²) in [5.41, 5.74) is 7.57. The average molecular weight is 262 g/mol. The number of rotatable bonds is 3. The van der Waals surface area contributed by atoms with Crippen LogP contribution < -0.4 is 10.5 Å². The highest BCUT2D eigenvalue weighted by Gasteiger charge is 2.39. The lowest BCUT2D eigenvalue weighted by Crippen LogP contribution is -2.47. The Bertz CT molecular complexity index is 433. The van der Waals surface area contributed by atoms with Gasteiger partial charge in [-0.25, -0.2) is 0 Å². The molecule has 3 unspecified atom stereocenters. The second kappa shape index (κ2) is 5.49. The molecule has 0 aromatic carbocycles. The monoisotopic (exact) mass is 262 g/mol. The van der Waals surface area contributed by atoms with Crippen LogP contribution in [0.5, 0.6) is 5.75 Å². The van der Waals surface area contributed by atoms with Gasteiger partial charge in [0.15, 0.2) is 0 Å². The van der Waals surface area contributed by atoms with Crippen LogP contribution in [-0.4, -0.2) is 11.1 Å². The number of hydrogen-bond donors (Lipinski definition) is 1.